The normalized spacial score (nSPS) is 10.2. The van der Waals surface area contributed by atoms with Gasteiger partial charge in [-0.15, -0.1) is 0 Å². The van der Waals surface area contributed by atoms with Gasteiger partial charge >= 0.3 is 0 Å². The van der Waals surface area contributed by atoms with Crippen LogP contribution >= 0.6 is 0 Å². The summed E-state index contributed by atoms with van der Waals surface area (Å²) in [6.45, 7) is 6.68. The van der Waals surface area contributed by atoms with Crippen LogP contribution in [0, 0.1) is 0 Å². The lowest BCUT2D eigenvalue weighted by Crippen LogP contribution is -2.35. The van der Waals surface area contributed by atoms with Crippen LogP contribution in [0.1, 0.15) is 25.8 Å². The van der Waals surface area contributed by atoms with E-state index < -0.39 is 0 Å². The van der Waals surface area contributed by atoms with E-state index in [4.69, 9.17) is 4.74 Å². The minimum absolute atomic E-state index is 0.0742. The molecule has 1 rings (SSSR count). The Morgan fingerprint density at radius 2 is 1.95 bits per heavy atom. The molecule has 0 saturated carbocycles. The number of para-hydroxylation sites is 1. The maximum absolute atomic E-state index is 11.6. The van der Waals surface area contributed by atoms with Crippen LogP contribution < -0.4 is 15.4 Å². The number of amides is 1. The summed E-state index contributed by atoms with van der Waals surface area (Å²) in [6.07, 6.45) is 2.00. The number of carbonyl (C=O) groups excluding carboxylic acids is 1. The third-order valence-electron chi connectivity index (χ3n) is 2.76. The monoisotopic (exact) mass is 264 g/mol. The second-order valence-electron chi connectivity index (χ2n) is 4.35. The molecule has 0 saturated heterocycles. The third kappa shape index (κ3) is 6.25. The maximum Gasteiger partial charge on any atom is 0.257 e. The molecule has 0 atom stereocenters. The lowest BCUT2D eigenvalue weighted by Gasteiger charge is -2.10. The molecule has 0 bridgehead atoms. The summed E-state index contributed by atoms with van der Waals surface area (Å²) >= 11 is 0. The number of hydrogen-bond acceptors (Lipinski definition) is 3. The number of ether oxygens (including phenoxy) is 1. The zero-order chi connectivity index (χ0) is 13.9. The number of benzene rings is 1. The smallest absolute Gasteiger partial charge is 0.257 e. The molecule has 0 aliphatic rings. The van der Waals surface area contributed by atoms with Crippen LogP contribution in [-0.2, 0) is 11.2 Å². The number of hydrogen-bond donors (Lipinski definition) is 2. The minimum Gasteiger partial charge on any atom is -0.483 e. The molecule has 0 aliphatic heterocycles. The lowest BCUT2D eigenvalue weighted by atomic mass is 10.1. The average Bonchev–Trinajstić information content (AvgIpc) is 2.45. The Labute approximate surface area is 115 Å². The van der Waals surface area contributed by atoms with Crippen molar-refractivity contribution in [3.05, 3.63) is 29.8 Å². The first kappa shape index (κ1) is 15.5. The number of aryl methyl sites for hydroxylation is 1. The summed E-state index contributed by atoms with van der Waals surface area (Å²) in [5.74, 6) is 0.716. The molecule has 1 aromatic carbocycles. The van der Waals surface area contributed by atoms with E-state index in [9.17, 15) is 4.79 Å². The Morgan fingerprint density at radius 1 is 1.16 bits per heavy atom. The molecule has 0 aliphatic carbocycles. The van der Waals surface area contributed by atoms with Crippen molar-refractivity contribution in [1.82, 2.24) is 10.6 Å². The average molecular weight is 264 g/mol. The van der Waals surface area contributed by atoms with Crippen LogP contribution in [0.25, 0.3) is 0 Å². The second-order valence-corrected chi connectivity index (χ2v) is 4.35. The molecular formula is C15H24N2O2. The van der Waals surface area contributed by atoms with Gasteiger partial charge in [-0.1, -0.05) is 32.0 Å². The predicted octanol–water partition coefficient (Wildman–Crippen LogP) is 1.74. The molecule has 1 amide bonds. The van der Waals surface area contributed by atoms with Crippen molar-refractivity contribution < 1.29 is 9.53 Å². The molecular weight excluding hydrogens is 240 g/mol. The van der Waals surface area contributed by atoms with E-state index in [1.165, 1.54) is 0 Å². The van der Waals surface area contributed by atoms with E-state index in [0.29, 0.717) is 6.54 Å². The molecule has 0 aromatic heterocycles. The van der Waals surface area contributed by atoms with Crippen LogP contribution in [0.2, 0.25) is 0 Å². The molecule has 19 heavy (non-hydrogen) atoms. The quantitative estimate of drug-likeness (QED) is 0.668. The Kier molecular flexibility index (Phi) is 7.66. The van der Waals surface area contributed by atoms with Gasteiger partial charge in [-0.05, 0) is 31.0 Å². The van der Waals surface area contributed by atoms with Gasteiger partial charge < -0.3 is 15.4 Å². The van der Waals surface area contributed by atoms with E-state index in [-0.39, 0.29) is 12.5 Å². The molecule has 4 nitrogen and oxygen atoms in total. The van der Waals surface area contributed by atoms with Gasteiger partial charge in [0, 0.05) is 13.1 Å². The summed E-state index contributed by atoms with van der Waals surface area (Å²) in [4.78, 5) is 11.6. The molecule has 0 unspecified atom stereocenters. The van der Waals surface area contributed by atoms with Gasteiger partial charge in [0.1, 0.15) is 5.75 Å². The Hall–Kier alpha value is -1.55. The van der Waals surface area contributed by atoms with Crippen LogP contribution in [0.3, 0.4) is 0 Å². The zero-order valence-corrected chi connectivity index (χ0v) is 11.9. The van der Waals surface area contributed by atoms with E-state index in [1.54, 1.807) is 0 Å². The van der Waals surface area contributed by atoms with E-state index in [2.05, 4.69) is 24.5 Å². The van der Waals surface area contributed by atoms with Crippen LogP contribution in [0.4, 0.5) is 0 Å². The van der Waals surface area contributed by atoms with Gasteiger partial charge in [0.15, 0.2) is 6.61 Å². The van der Waals surface area contributed by atoms with Gasteiger partial charge in [0.05, 0.1) is 0 Å². The number of rotatable bonds is 9. The molecule has 2 N–H and O–H groups in total. The van der Waals surface area contributed by atoms with Crippen LogP contribution in [0.5, 0.6) is 5.75 Å². The van der Waals surface area contributed by atoms with Gasteiger partial charge in [-0.3, -0.25) is 4.79 Å². The lowest BCUT2D eigenvalue weighted by molar-refractivity contribution is -0.123. The standard InChI is InChI=1S/C15H24N2O2/c1-3-9-16-10-11-17-15(18)12-19-14-8-6-5-7-13(14)4-2/h5-8,16H,3-4,9-12H2,1-2H3,(H,17,18). The topological polar surface area (TPSA) is 50.4 Å². The first-order chi connectivity index (χ1) is 9.27. The molecule has 0 heterocycles. The van der Waals surface area contributed by atoms with Gasteiger partial charge in [-0.2, -0.15) is 0 Å². The number of nitrogens with one attached hydrogen (secondary N) is 2. The van der Waals surface area contributed by atoms with Crippen molar-refractivity contribution in [3.8, 4) is 5.75 Å². The van der Waals surface area contributed by atoms with E-state index >= 15 is 0 Å². The van der Waals surface area contributed by atoms with Crippen molar-refractivity contribution in [1.29, 1.82) is 0 Å². The van der Waals surface area contributed by atoms with Crippen LogP contribution in [-0.4, -0.2) is 32.1 Å². The highest BCUT2D eigenvalue weighted by Gasteiger charge is 2.04. The van der Waals surface area contributed by atoms with E-state index in [0.717, 1.165) is 37.2 Å². The highest BCUT2D eigenvalue weighted by molar-refractivity contribution is 5.77. The third-order valence-corrected chi connectivity index (χ3v) is 2.76. The summed E-state index contributed by atoms with van der Waals surface area (Å²) < 4.78 is 5.54. The fourth-order valence-corrected chi connectivity index (χ4v) is 1.72. The molecule has 4 heteroatoms. The predicted molar refractivity (Wildman–Crippen MR) is 77.5 cm³/mol. The summed E-state index contributed by atoms with van der Waals surface area (Å²) in [5.41, 5.74) is 1.12. The first-order valence-corrected chi connectivity index (χ1v) is 6.96. The van der Waals surface area contributed by atoms with Crippen molar-refractivity contribution >= 4 is 5.91 Å². The Balaban J connectivity index is 2.22. The minimum atomic E-state index is -0.0794. The van der Waals surface area contributed by atoms with Gasteiger partial charge in [0.2, 0.25) is 0 Å². The summed E-state index contributed by atoms with van der Waals surface area (Å²) in [7, 11) is 0. The van der Waals surface area contributed by atoms with Gasteiger partial charge in [0.25, 0.3) is 5.91 Å². The van der Waals surface area contributed by atoms with Crippen molar-refractivity contribution in [2.75, 3.05) is 26.2 Å². The molecule has 106 valence electrons. The first-order valence-electron chi connectivity index (χ1n) is 6.96. The largest absolute Gasteiger partial charge is 0.483 e. The molecule has 0 spiro atoms. The number of carbonyl (C=O) groups is 1. The summed E-state index contributed by atoms with van der Waals surface area (Å²) in [5, 5.41) is 6.05. The highest BCUT2D eigenvalue weighted by Crippen LogP contribution is 2.17. The second kappa shape index (κ2) is 9.39. The Bertz CT molecular complexity index is 380. The van der Waals surface area contributed by atoms with Crippen molar-refractivity contribution in [2.45, 2.75) is 26.7 Å². The van der Waals surface area contributed by atoms with Crippen molar-refractivity contribution in [2.24, 2.45) is 0 Å². The molecule has 0 radical (unpaired) electrons. The Morgan fingerprint density at radius 3 is 2.68 bits per heavy atom. The van der Waals surface area contributed by atoms with Crippen molar-refractivity contribution in [3.63, 3.8) is 0 Å². The highest BCUT2D eigenvalue weighted by atomic mass is 16.5. The summed E-state index contributed by atoms with van der Waals surface area (Å²) in [6, 6.07) is 7.81. The SMILES string of the molecule is CCCNCCNC(=O)COc1ccccc1CC. The fourth-order valence-electron chi connectivity index (χ4n) is 1.72. The molecule has 0 fully saturated rings. The van der Waals surface area contributed by atoms with Crippen LogP contribution in [0.15, 0.2) is 24.3 Å². The van der Waals surface area contributed by atoms with Gasteiger partial charge in [-0.25, -0.2) is 0 Å². The maximum atomic E-state index is 11.6. The van der Waals surface area contributed by atoms with E-state index in [1.807, 2.05) is 24.3 Å². The molecule has 1 aromatic rings. The fraction of sp³-hybridized carbons (Fsp3) is 0.533. The zero-order valence-electron chi connectivity index (χ0n) is 11.9.